The lowest BCUT2D eigenvalue weighted by molar-refractivity contribution is -0.0188. The molecule has 0 amide bonds. The minimum atomic E-state index is -0.860. The van der Waals surface area contributed by atoms with Crippen molar-refractivity contribution >= 4 is 5.97 Å². The summed E-state index contributed by atoms with van der Waals surface area (Å²) >= 11 is 0. The Kier molecular flexibility index (Phi) is 11.8. The standard InChI is InChI=1S/C46H42O10/c1-49-36-20-13-21-37-35(36)26-42(44(55-37)33-22-38(50-2)43(47)39(23-33)51-3)56-46(48)34-24-40(52-27-30-14-7-4-8-15-30)45(54-29-32-18-11-6-12-19-32)41(25-34)53-28-31-16-9-5-10-17-31/h4-25,42,44,47H,26-29H2,1-3H3/t42-,44+/m1/s1. The number of ether oxygens (including phenoxy) is 8. The van der Waals surface area contributed by atoms with E-state index in [1.807, 2.05) is 109 Å². The van der Waals surface area contributed by atoms with Crippen molar-refractivity contribution in [3.05, 3.63) is 167 Å². The normalized spacial score (nSPS) is 14.4. The van der Waals surface area contributed by atoms with Crippen molar-refractivity contribution in [2.24, 2.45) is 0 Å². The van der Waals surface area contributed by atoms with Gasteiger partial charge in [-0.2, -0.15) is 0 Å². The summed E-state index contributed by atoms with van der Waals surface area (Å²) in [5, 5.41) is 10.7. The van der Waals surface area contributed by atoms with Gasteiger partial charge in [0.05, 0.1) is 26.9 Å². The molecule has 10 nitrogen and oxygen atoms in total. The lowest BCUT2D eigenvalue weighted by Crippen LogP contribution is -2.35. The first-order chi connectivity index (χ1) is 27.4. The average Bonchev–Trinajstić information content (AvgIpc) is 3.25. The number of hydrogen-bond donors (Lipinski definition) is 1. The van der Waals surface area contributed by atoms with E-state index in [0.29, 0.717) is 34.3 Å². The molecule has 1 aliphatic rings. The molecule has 286 valence electrons. The Morgan fingerprint density at radius 1 is 0.607 bits per heavy atom. The van der Waals surface area contributed by atoms with Gasteiger partial charge in [-0.15, -0.1) is 0 Å². The summed E-state index contributed by atoms with van der Waals surface area (Å²) in [5.74, 6) is 1.66. The SMILES string of the molecule is COc1cc([C@@H]2Oc3cccc(OC)c3C[C@H]2OC(=O)c2cc(OCc3ccccc3)c(OCc3ccccc3)c(OCc3ccccc3)c2)cc(OC)c1O. The molecule has 6 aromatic carbocycles. The number of hydrogen-bond acceptors (Lipinski definition) is 10. The van der Waals surface area contributed by atoms with Crippen molar-refractivity contribution in [2.45, 2.75) is 38.4 Å². The van der Waals surface area contributed by atoms with Gasteiger partial charge in [0.1, 0.15) is 37.4 Å². The number of aromatic hydroxyl groups is 1. The molecule has 7 rings (SSSR count). The summed E-state index contributed by atoms with van der Waals surface area (Å²) in [4.78, 5) is 14.4. The van der Waals surface area contributed by atoms with Crippen LogP contribution in [-0.4, -0.2) is 38.5 Å². The summed E-state index contributed by atoms with van der Waals surface area (Å²) in [6.45, 7) is 0.646. The molecule has 0 saturated carbocycles. The third-order valence-corrected chi connectivity index (χ3v) is 9.35. The quantitative estimate of drug-likeness (QED) is 0.102. The first kappa shape index (κ1) is 37.5. The van der Waals surface area contributed by atoms with Crippen LogP contribution in [0.1, 0.15) is 44.3 Å². The van der Waals surface area contributed by atoms with Crippen molar-refractivity contribution in [3.63, 3.8) is 0 Å². The van der Waals surface area contributed by atoms with Crippen molar-refractivity contribution in [1.82, 2.24) is 0 Å². The topological polar surface area (TPSA) is 111 Å². The van der Waals surface area contributed by atoms with Gasteiger partial charge in [-0.05, 0) is 53.1 Å². The lowest BCUT2D eigenvalue weighted by atomic mass is 9.93. The monoisotopic (exact) mass is 754 g/mol. The molecular weight excluding hydrogens is 712 g/mol. The van der Waals surface area contributed by atoms with Crippen LogP contribution in [0.5, 0.6) is 46.0 Å². The van der Waals surface area contributed by atoms with Gasteiger partial charge in [0.25, 0.3) is 0 Å². The molecule has 0 aliphatic carbocycles. The zero-order valence-corrected chi connectivity index (χ0v) is 31.3. The zero-order valence-electron chi connectivity index (χ0n) is 31.3. The number of rotatable bonds is 15. The summed E-state index contributed by atoms with van der Waals surface area (Å²) in [6, 6.07) is 41.2. The smallest absolute Gasteiger partial charge is 0.338 e. The Morgan fingerprint density at radius 2 is 1.11 bits per heavy atom. The van der Waals surface area contributed by atoms with Crippen molar-refractivity contribution in [3.8, 4) is 46.0 Å². The molecule has 2 atom stereocenters. The highest BCUT2D eigenvalue weighted by molar-refractivity contribution is 5.91. The fourth-order valence-corrected chi connectivity index (χ4v) is 6.49. The predicted octanol–water partition coefficient (Wildman–Crippen LogP) is 9.06. The Balaban J connectivity index is 1.27. The maximum absolute atomic E-state index is 14.4. The second-order valence-corrected chi connectivity index (χ2v) is 13.0. The number of carbonyl (C=O) groups excluding carboxylic acids is 1. The third-order valence-electron chi connectivity index (χ3n) is 9.35. The Bertz CT molecular complexity index is 2150. The molecule has 0 bridgehead atoms. The number of benzene rings is 6. The number of fused-ring (bicyclic) bond motifs is 1. The molecule has 0 radical (unpaired) electrons. The van der Waals surface area contributed by atoms with Gasteiger partial charge in [-0.25, -0.2) is 4.79 Å². The van der Waals surface area contributed by atoms with Gasteiger partial charge < -0.3 is 43.0 Å². The predicted molar refractivity (Wildman–Crippen MR) is 209 cm³/mol. The molecule has 6 aromatic rings. The summed E-state index contributed by atoms with van der Waals surface area (Å²) in [7, 11) is 4.47. The zero-order chi connectivity index (χ0) is 38.9. The van der Waals surface area contributed by atoms with E-state index >= 15 is 0 Å². The van der Waals surface area contributed by atoms with Gasteiger partial charge in [0, 0.05) is 17.5 Å². The van der Waals surface area contributed by atoms with Crippen LogP contribution < -0.4 is 33.2 Å². The second-order valence-electron chi connectivity index (χ2n) is 13.0. The van der Waals surface area contributed by atoms with E-state index in [1.165, 1.54) is 14.2 Å². The summed E-state index contributed by atoms with van der Waals surface area (Å²) in [6.07, 6.45) is -1.42. The third kappa shape index (κ3) is 8.60. The molecular formula is C46H42O10. The van der Waals surface area contributed by atoms with Crippen LogP contribution in [0.25, 0.3) is 0 Å². The molecule has 1 heterocycles. The van der Waals surface area contributed by atoms with E-state index in [0.717, 1.165) is 22.3 Å². The van der Waals surface area contributed by atoms with Crippen LogP contribution in [0.4, 0.5) is 0 Å². The Morgan fingerprint density at radius 3 is 1.61 bits per heavy atom. The van der Waals surface area contributed by atoms with E-state index in [9.17, 15) is 9.90 Å². The number of esters is 1. The fourth-order valence-electron chi connectivity index (χ4n) is 6.49. The first-order valence-electron chi connectivity index (χ1n) is 18.1. The summed E-state index contributed by atoms with van der Waals surface area (Å²) in [5.41, 5.74) is 4.28. The van der Waals surface area contributed by atoms with Crippen molar-refractivity contribution < 1.29 is 47.8 Å². The Labute approximate surface area is 325 Å². The van der Waals surface area contributed by atoms with Crippen LogP contribution >= 0.6 is 0 Å². The number of methoxy groups -OCH3 is 3. The van der Waals surface area contributed by atoms with E-state index in [2.05, 4.69) is 0 Å². The van der Waals surface area contributed by atoms with Gasteiger partial charge >= 0.3 is 5.97 Å². The van der Waals surface area contributed by atoms with Crippen LogP contribution in [0.3, 0.4) is 0 Å². The molecule has 0 unspecified atom stereocenters. The average molecular weight is 755 g/mol. The highest BCUT2D eigenvalue weighted by Gasteiger charge is 2.37. The first-order valence-corrected chi connectivity index (χ1v) is 18.1. The van der Waals surface area contributed by atoms with Crippen molar-refractivity contribution in [1.29, 1.82) is 0 Å². The molecule has 0 fully saturated rings. The molecule has 0 aromatic heterocycles. The maximum atomic E-state index is 14.4. The minimum absolute atomic E-state index is 0.161. The molecule has 1 aliphatic heterocycles. The summed E-state index contributed by atoms with van der Waals surface area (Å²) < 4.78 is 48.7. The molecule has 10 heteroatoms. The highest BCUT2D eigenvalue weighted by atomic mass is 16.6. The van der Waals surface area contributed by atoms with Crippen LogP contribution in [-0.2, 0) is 31.0 Å². The van der Waals surface area contributed by atoms with E-state index in [1.54, 1.807) is 31.4 Å². The van der Waals surface area contributed by atoms with Gasteiger partial charge in [0.2, 0.25) is 11.5 Å². The fraction of sp³-hybridized carbons (Fsp3) is 0.196. The van der Waals surface area contributed by atoms with Crippen LogP contribution in [0.2, 0.25) is 0 Å². The number of phenols is 1. The van der Waals surface area contributed by atoms with Crippen LogP contribution in [0, 0.1) is 0 Å². The largest absolute Gasteiger partial charge is 0.502 e. The Hall–Kier alpha value is -6.81. The maximum Gasteiger partial charge on any atom is 0.338 e. The van der Waals surface area contributed by atoms with Gasteiger partial charge in [-0.1, -0.05) is 97.1 Å². The highest BCUT2D eigenvalue weighted by Crippen LogP contribution is 2.46. The molecule has 0 spiro atoms. The van der Waals surface area contributed by atoms with Crippen molar-refractivity contribution in [2.75, 3.05) is 21.3 Å². The molecule has 56 heavy (non-hydrogen) atoms. The second kappa shape index (κ2) is 17.6. The number of carbonyl (C=O) groups is 1. The molecule has 1 N–H and O–H groups in total. The van der Waals surface area contributed by atoms with E-state index in [-0.39, 0.29) is 49.1 Å². The van der Waals surface area contributed by atoms with E-state index in [4.69, 9.17) is 37.9 Å². The molecule has 0 saturated heterocycles. The minimum Gasteiger partial charge on any atom is -0.502 e. The van der Waals surface area contributed by atoms with Gasteiger partial charge in [-0.3, -0.25) is 0 Å². The number of phenolic OH excluding ortho intramolecular Hbond substituents is 1. The van der Waals surface area contributed by atoms with Gasteiger partial charge in [0.15, 0.2) is 29.1 Å². The van der Waals surface area contributed by atoms with E-state index < -0.39 is 18.2 Å². The lowest BCUT2D eigenvalue weighted by Gasteiger charge is -2.34. The van der Waals surface area contributed by atoms with Crippen LogP contribution in [0.15, 0.2) is 133 Å².